The van der Waals surface area contributed by atoms with Crippen molar-refractivity contribution in [2.24, 2.45) is 0 Å². The Kier molecular flexibility index (Phi) is 4.02. The van der Waals surface area contributed by atoms with Gasteiger partial charge in [0.15, 0.2) is 0 Å². The maximum absolute atomic E-state index is 6.34. The van der Waals surface area contributed by atoms with E-state index in [4.69, 9.17) is 11.6 Å². The summed E-state index contributed by atoms with van der Waals surface area (Å²) in [6.45, 7) is 4.66. The SMILES string of the molecule is CC1(C)CCC(Nc2ccc(Br)cc2Cl)c2ccccc21. The molecule has 0 spiro atoms. The fourth-order valence-electron chi connectivity index (χ4n) is 3.16. The molecule has 0 bridgehead atoms. The van der Waals surface area contributed by atoms with Crippen LogP contribution in [0.2, 0.25) is 5.02 Å². The lowest BCUT2D eigenvalue weighted by Gasteiger charge is -2.37. The van der Waals surface area contributed by atoms with Crippen molar-refractivity contribution in [1.29, 1.82) is 0 Å². The molecular formula is C18H19BrClN. The molecule has 3 rings (SSSR count). The third-order valence-corrected chi connectivity index (χ3v) is 5.19. The minimum Gasteiger partial charge on any atom is -0.377 e. The number of fused-ring (bicyclic) bond motifs is 1. The maximum Gasteiger partial charge on any atom is 0.0648 e. The van der Waals surface area contributed by atoms with Crippen molar-refractivity contribution in [1.82, 2.24) is 0 Å². The first-order valence-corrected chi connectivity index (χ1v) is 8.45. The lowest BCUT2D eigenvalue weighted by atomic mass is 9.71. The van der Waals surface area contributed by atoms with Crippen LogP contribution < -0.4 is 5.32 Å². The van der Waals surface area contributed by atoms with E-state index in [0.29, 0.717) is 6.04 Å². The van der Waals surface area contributed by atoms with Gasteiger partial charge in [0.2, 0.25) is 0 Å². The topological polar surface area (TPSA) is 12.0 Å². The van der Waals surface area contributed by atoms with Gasteiger partial charge in [-0.25, -0.2) is 0 Å². The van der Waals surface area contributed by atoms with Crippen LogP contribution in [0.1, 0.15) is 43.9 Å². The zero-order valence-electron chi connectivity index (χ0n) is 12.3. The predicted octanol–water partition coefficient (Wildman–Crippen LogP) is 6.33. The van der Waals surface area contributed by atoms with Gasteiger partial charge in [-0.3, -0.25) is 0 Å². The highest BCUT2D eigenvalue weighted by atomic mass is 79.9. The van der Waals surface area contributed by atoms with Crippen LogP contribution in [0.25, 0.3) is 0 Å². The van der Waals surface area contributed by atoms with E-state index >= 15 is 0 Å². The number of rotatable bonds is 2. The van der Waals surface area contributed by atoms with Crippen molar-refractivity contribution in [3.8, 4) is 0 Å². The maximum atomic E-state index is 6.34. The van der Waals surface area contributed by atoms with Gasteiger partial charge in [-0.15, -0.1) is 0 Å². The van der Waals surface area contributed by atoms with Gasteiger partial charge in [0, 0.05) is 4.47 Å². The fourth-order valence-corrected chi connectivity index (χ4v) is 3.88. The molecule has 0 aromatic heterocycles. The molecule has 1 N–H and O–H groups in total. The minimum atomic E-state index is 0.248. The molecule has 0 radical (unpaired) electrons. The standard InChI is InChI=1S/C18H19BrClN/c1-18(2)10-9-16(13-5-3-4-6-14(13)18)21-17-8-7-12(19)11-15(17)20/h3-8,11,16,21H,9-10H2,1-2H3. The van der Waals surface area contributed by atoms with E-state index in [1.54, 1.807) is 0 Å². The van der Waals surface area contributed by atoms with Crippen molar-refractivity contribution in [2.45, 2.75) is 38.1 Å². The normalized spacial score (nSPS) is 19.9. The molecule has 0 heterocycles. The van der Waals surface area contributed by atoms with Crippen LogP contribution in [0.3, 0.4) is 0 Å². The van der Waals surface area contributed by atoms with Crippen LogP contribution in [0.5, 0.6) is 0 Å². The first-order valence-electron chi connectivity index (χ1n) is 7.28. The van der Waals surface area contributed by atoms with Crippen LogP contribution in [0.15, 0.2) is 46.9 Å². The summed E-state index contributed by atoms with van der Waals surface area (Å²) in [6.07, 6.45) is 2.30. The zero-order chi connectivity index (χ0) is 15.0. The van der Waals surface area contributed by atoms with Crippen LogP contribution >= 0.6 is 27.5 Å². The molecule has 1 nitrogen and oxygen atoms in total. The lowest BCUT2D eigenvalue weighted by Crippen LogP contribution is -2.29. The van der Waals surface area contributed by atoms with Crippen molar-refractivity contribution < 1.29 is 0 Å². The number of anilines is 1. The van der Waals surface area contributed by atoms with Gasteiger partial charge >= 0.3 is 0 Å². The molecule has 2 aromatic rings. The Morgan fingerprint density at radius 3 is 2.71 bits per heavy atom. The third-order valence-electron chi connectivity index (χ3n) is 4.38. The van der Waals surface area contributed by atoms with Crippen LogP contribution in [-0.2, 0) is 5.41 Å². The summed E-state index contributed by atoms with van der Waals surface area (Å²) in [7, 11) is 0. The average Bonchev–Trinajstić information content (AvgIpc) is 2.45. The molecule has 2 aromatic carbocycles. The van der Waals surface area contributed by atoms with E-state index in [1.807, 2.05) is 18.2 Å². The fraction of sp³-hybridized carbons (Fsp3) is 0.333. The molecule has 0 aliphatic heterocycles. The molecule has 1 aliphatic rings. The van der Waals surface area contributed by atoms with Crippen molar-refractivity contribution >= 4 is 33.2 Å². The van der Waals surface area contributed by atoms with Gasteiger partial charge < -0.3 is 5.32 Å². The van der Waals surface area contributed by atoms with Gasteiger partial charge in [-0.2, -0.15) is 0 Å². The second-order valence-corrected chi connectivity index (χ2v) is 7.65. The molecule has 110 valence electrons. The molecule has 0 fully saturated rings. The quantitative estimate of drug-likeness (QED) is 0.656. The summed E-state index contributed by atoms with van der Waals surface area (Å²) in [5, 5.41) is 4.37. The van der Waals surface area contributed by atoms with E-state index in [0.717, 1.165) is 21.6 Å². The lowest BCUT2D eigenvalue weighted by molar-refractivity contribution is 0.406. The summed E-state index contributed by atoms with van der Waals surface area (Å²) in [6, 6.07) is 15.1. The summed E-state index contributed by atoms with van der Waals surface area (Å²) in [5.41, 5.74) is 4.09. The Balaban J connectivity index is 1.94. The highest BCUT2D eigenvalue weighted by Gasteiger charge is 2.32. The summed E-state index contributed by atoms with van der Waals surface area (Å²) in [4.78, 5) is 0. The minimum absolute atomic E-state index is 0.248. The van der Waals surface area contributed by atoms with Crippen LogP contribution in [0, 0.1) is 0 Å². The Morgan fingerprint density at radius 2 is 1.95 bits per heavy atom. The van der Waals surface area contributed by atoms with E-state index in [1.165, 1.54) is 17.5 Å². The summed E-state index contributed by atoms with van der Waals surface area (Å²) >= 11 is 9.79. The molecule has 1 aliphatic carbocycles. The van der Waals surface area contributed by atoms with Crippen LogP contribution in [-0.4, -0.2) is 0 Å². The molecule has 21 heavy (non-hydrogen) atoms. The van der Waals surface area contributed by atoms with E-state index in [2.05, 4.69) is 59.4 Å². The largest absolute Gasteiger partial charge is 0.377 e. The van der Waals surface area contributed by atoms with Gasteiger partial charge in [-0.1, -0.05) is 65.6 Å². The molecule has 0 amide bonds. The summed E-state index contributed by atoms with van der Waals surface area (Å²) < 4.78 is 1.00. The number of hydrogen-bond acceptors (Lipinski definition) is 1. The van der Waals surface area contributed by atoms with Crippen LogP contribution in [0.4, 0.5) is 5.69 Å². The number of halogens is 2. The van der Waals surface area contributed by atoms with Gasteiger partial charge in [0.25, 0.3) is 0 Å². The third kappa shape index (κ3) is 2.97. The average molecular weight is 365 g/mol. The van der Waals surface area contributed by atoms with E-state index in [9.17, 15) is 0 Å². The van der Waals surface area contributed by atoms with Crippen molar-refractivity contribution in [2.75, 3.05) is 5.32 Å². The monoisotopic (exact) mass is 363 g/mol. The molecule has 0 saturated carbocycles. The number of hydrogen-bond donors (Lipinski definition) is 1. The zero-order valence-corrected chi connectivity index (χ0v) is 14.6. The smallest absolute Gasteiger partial charge is 0.0648 e. The highest BCUT2D eigenvalue weighted by Crippen LogP contribution is 2.43. The Labute approximate surface area is 139 Å². The van der Waals surface area contributed by atoms with Crippen molar-refractivity contribution in [3.05, 3.63) is 63.1 Å². The van der Waals surface area contributed by atoms with Gasteiger partial charge in [0.1, 0.15) is 0 Å². The number of nitrogens with one attached hydrogen (secondary N) is 1. The van der Waals surface area contributed by atoms with Gasteiger partial charge in [0.05, 0.1) is 16.8 Å². The molecular weight excluding hydrogens is 346 g/mol. The molecule has 0 saturated heterocycles. The predicted molar refractivity (Wildman–Crippen MR) is 94.2 cm³/mol. The van der Waals surface area contributed by atoms with E-state index < -0.39 is 0 Å². The second-order valence-electron chi connectivity index (χ2n) is 6.33. The number of benzene rings is 2. The van der Waals surface area contributed by atoms with Gasteiger partial charge in [-0.05, 0) is 47.6 Å². The first kappa shape index (κ1) is 14.9. The second kappa shape index (κ2) is 5.66. The molecule has 3 heteroatoms. The first-order chi connectivity index (χ1) is 9.97. The Bertz CT molecular complexity index is 666. The summed E-state index contributed by atoms with van der Waals surface area (Å²) in [5.74, 6) is 0. The highest BCUT2D eigenvalue weighted by molar-refractivity contribution is 9.10. The molecule has 1 unspecified atom stereocenters. The Hall–Kier alpha value is -0.990. The Morgan fingerprint density at radius 1 is 1.19 bits per heavy atom. The van der Waals surface area contributed by atoms with E-state index in [-0.39, 0.29) is 5.41 Å². The van der Waals surface area contributed by atoms with Crippen molar-refractivity contribution in [3.63, 3.8) is 0 Å². The molecule has 1 atom stereocenters.